The molecule has 1 heteroatoms. The maximum absolute atomic E-state index is 10.3. The minimum Gasteiger partial charge on any atom is -0.393 e. The maximum Gasteiger partial charge on any atom is 0.0543 e. The first-order valence-corrected chi connectivity index (χ1v) is 12.9. The first kappa shape index (κ1) is 22.4. The Morgan fingerprint density at radius 1 is 1.13 bits per heavy atom. The van der Waals surface area contributed by atoms with Crippen LogP contribution in [0.1, 0.15) is 92.4 Å². The van der Waals surface area contributed by atoms with Crippen LogP contribution in [0.3, 0.4) is 0 Å². The van der Waals surface area contributed by atoms with Crippen molar-refractivity contribution in [1.29, 1.82) is 0 Å². The van der Waals surface area contributed by atoms with E-state index < -0.39 is 0 Å². The van der Waals surface area contributed by atoms with E-state index in [1.165, 1.54) is 44.1 Å². The predicted octanol–water partition coefficient (Wildman–Crippen LogP) is 7.72. The molecule has 168 valence electrons. The fraction of sp³-hybridized carbons (Fsp3) is 0.793. The van der Waals surface area contributed by atoms with Crippen molar-refractivity contribution in [3.63, 3.8) is 0 Å². The van der Waals surface area contributed by atoms with Crippen molar-refractivity contribution in [3.8, 4) is 0 Å². The summed E-state index contributed by atoms with van der Waals surface area (Å²) in [6, 6.07) is 0. The van der Waals surface area contributed by atoms with E-state index in [4.69, 9.17) is 0 Å². The average molecular weight is 411 g/mol. The Labute approximate surface area is 186 Å². The Kier molecular flexibility index (Phi) is 6.17. The second-order valence-electron chi connectivity index (χ2n) is 12.0. The molecule has 1 N–H and O–H groups in total. The Bertz CT molecular complexity index is 716. The van der Waals surface area contributed by atoms with Crippen LogP contribution in [-0.4, -0.2) is 11.2 Å². The quantitative estimate of drug-likeness (QED) is 0.460. The molecular weight excluding hydrogens is 364 g/mol. The zero-order valence-electron chi connectivity index (χ0n) is 20.3. The predicted molar refractivity (Wildman–Crippen MR) is 128 cm³/mol. The third-order valence-corrected chi connectivity index (χ3v) is 10.5. The summed E-state index contributed by atoms with van der Waals surface area (Å²) in [6.07, 6.45) is 18.8. The van der Waals surface area contributed by atoms with Crippen molar-refractivity contribution in [2.75, 3.05) is 0 Å². The maximum atomic E-state index is 10.3. The molecule has 0 heterocycles. The van der Waals surface area contributed by atoms with Gasteiger partial charge in [-0.15, -0.1) is 0 Å². The monoisotopic (exact) mass is 410 g/mol. The first-order valence-electron chi connectivity index (χ1n) is 12.9. The van der Waals surface area contributed by atoms with Crippen LogP contribution in [0.4, 0.5) is 0 Å². The lowest BCUT2D eigenvalue weighted by atomic mass is 9.47. The number of hydrogen-bond acceptors (Lipinski definition) is 1. The first-order chi connectivity index (χ1) is 14.2. The van der Waals surface area contributed by atoms with Crippen LogP contribution in [0, 0.1) is 46.3 Å². The highest BCUT2D eigenvalue weighted by molar-refractivity contribution is 5.28. The van der Waals surface area contributed by atoms with E-state index in [1.54, 1.807) is 0 Å². The molecule has 0 aliphatic heterocycles. The summed E-state index contributed by atoms with van der Waals surface area (Å²) >= 11 is 0. The van der Waals surface area contributed by atoms with Crippen molar-refractivity contribution in [1.82, 2.24) is 0 Å². The molecule has 0 saturated heterocycles. The van der Waals surface area contributed by atoms with Gasteiger partial charge in [-0.3, -0.25) is 0 Å². The van der Waals surface area contributed by atoms with Crippen LogP contribution in [-0.2, 0) is 0 Å². The van der Waals surface area contributed by atoms with Crippen LogP contribution in [0.15, 0.2) is 36.0 Å². The minimum absolute atomic E-state index is 0.0541. The molecule has 1 nitrogen and oxygen atoms in total. The van der Waals surface area contributed by atoms with Crippen LogP contribution in [0.5, 0.6) is 0 Å². The lowest BCUT2D eigenvalue weighted by Crippen LogP contribution is -2.49. The Hall–Kier alpha value is -0.820. The molecule has 0 aromatic rings. The number of rotatable bonds is 5. The molecule has 4 rings (SSSR count). The Balaban J connectivity index is 1.54. The van der Waals surface area contributed by atoms with E-state index in [-0.39, 0.29) is 6.10 Å². The second kappa shape index (κ2) is 8.27. The van der Waals surface area contributed by atoms with Gasteiger partial charge < -0.3 is 5.11 Å². The fourth-order valence-electron chi connectivity index (χ4n) is 8.49. The third-order valence-electron chi connectivity index (χ3n) is 10.5. The zero-order chi connectivity index (χ0) is 21.7. The number of hydrogen-bond donors (Lipinski definition) is 1. The summed E-state index contributed by atoms with van der Waals surface area (Å²) in [5.74, 6) is 4.27. The third kappa shape index (κ3) is 3.58. The molecule has 0 amide bonds. The van der Waals surface area contributed by atoms with Gasteiger partial charge in [-0.2, -0.15) is 0 Å². The standard InChI is InChI=1S/C29H46O/c1-7-21(19(2)3)9-8-20(4)25-12-13-26-24-11-10-22-18-23(30)14-16-28(22,5)27(24)15-17-29(25,26)6/h8-9,11,20-23,25-27,30H,2,7,10,12-18H2,1,3-6H3/b9-8+/t20?,21-,22-,23-,25+,26-,27-,28-,29+/m0/s1. The smallest absolute Gasteiger partial charge is 0.0543 e. The highest BCUT2D eigenvalue weighted by Gasteiger charge is 2.57. The van der Waals surface area contributed by atoms with Gasteiger partial charge in [0.25, 0.3) is 0 Å². The van der Waals surface area contributed by atoms with Crippen molar-refractivity contribution < 1.29 is 5.11 Å². The van der Waals surface area contributed by atoms with E-state index in [9.17, 15) is 5.11 Å². The van der Waals surface area contributed by atoms with E-state index in [0.717, 1.165) is 37.0 Å². The van der Waals surface area contributed by atoms with Gasteiger partial charge in [0.15, 0.2) is 0 Å². The van der Waals surface area contributed by atoms with Crippen molar-refractivity contribution in [3.05, 3.63) is 36.0 Å². The number of allylic oxidation sites excluding steroid dienone is 5. The van der Waals surface area contributed by atoms with Crippen molar-refractivity contribution in [2.45, 2.75) is 98.5 Å². The second-order valence-corrected chi connectivity index (χ2v) is 12.0. The minimum atomic E-state index is -0.0541. The lowest BCUT2D eigenvalue weighted by Gasteiger charge is -2.57. The summed E-state index contributed by atoms with van der Waals surface area (Å²) < 4.78 is 0. The average Bonchev–Trinajstić information content (AvgIpc) is 3.06. The number of aliphatic hydroxyl groups excluding tert-OH is 1. The Morgan fingerprint density at radius 2 is 1.83 bits per heavy atom. The van der Waals surface area contributed by atoms with Crippen molar-refractivity contribution in [2.24, 2.45) is 46.3 Å². The highest BCUT2D eigenvalue weighted by atomic mass is 16.3. The zero-order valence-corrected chi connectivity index (χ0v) is 20.3. The molecule has 0 aromatic heterocycles. The molecule has 0 spiro atoms. The highest BCUT2D eigenvalue weighted by Crippen LogP contribution is 2.66. The van der Waals surface area contributed by atoms with Gasteiger partial charge in [0.05, 0.1) is 6.10 Å². The van der Waals surface area contributed by atoms with Gasteiger partial charge in [-0.25, -0.2) is 0 Å². The molecule has 3 fully saturated rings. The van der Waals surface area contributed by atoms with E-state index in [1.807, 2.05) is 5.57 Å². The van der Waals surface area contributed by atoms with Gasteiger partial charge in [0.1, 0.15) is 0 Å². The van der Waals surface area contributed by atoms with E-state index in [2.05, 4.69) is 59.4 Å². The lowest BCUT2D eigenvalue weighted by molar-refractivity contribution is -0.0414. The summed E-state index contributed by atoms with van der Waals surface area (Å²) in [7, 11) is 0. The van der Waals surface area contributed by atoms with Crippen LogP contribution >= 0.6 is 0 Å². The molecule has 0 aromatic carbocycles. The van der Waals surface area contributed by atoms with Gasteiger partial charge in [0.2, 0.25) is 0 Å². The molecule has 4 aliphatic carbocycles. The van der Waals surface area contributed by atoms with Gasteiger partial charge in [0, 0.05) is 0 Å². The molecular formula is C29H46O. The summed E-state index contributed by atoms with van der Waals surface area (Å²) in [5.41, 5.74) is 4.04. The molecule has 30 heavy (non-hydrogen) atoms. The summed E-state index contributed by atoms with van der Waals surface area (Å²) in [5, 5.41) is 10.3. The molecule has 0 radical (unpaired) electrons. The fourth-order valence-corrected chi connectivity index (χ4v) is 8.49. The number of aliphatic hydroxyl groups is 1. The van der Waals surface area contributed by atoms with Gasteiger partial charge >= 0.3 is 0 Å². The summed E-state index contributed by atoms with van der Waals surface area (Å²) in [4.78, 5) is 0. The van der Waals surface area contributed by atoms with Crippen LogP contribution in [0.25, 0.3) is 0 Å². The topological polar surface area (TPSA) is 20.2 Å². The van der Waals surface area contributed by atoms with Crippen LogP contribution < -0.4 is 0 Å². The van der Waals surface area contributed by atoms with Gasteiger partial charge in [-0.05, 0) is 111 Å². The van der Waals surface area contributed by atoms with Gasteiger partial charge in [-0.1, -0.05) is 63.6 Å². The van der Waals surface area contributed by atoms with Crippen molar-refractivity contribution >= 4 is 0 Å². The van der Waals surface area contributed by atoms with E-state index in [0.29, 0.717) is 28.6 Å². The molecule has 4 aliphatic rings. The number of fused-ring (bicyclic) bond motifs is 5. The molecule has 3 saturated carbocycles. The largest absolute Gasteiger partial charge is 0.393 e. The SMILES string of the molecule is C=C(C)[C@H](/C=C/C(C)[C@H]1CC[C@H]2C3=CC[C@H]4C[C@@H](O)CC[C@]4(C)[C@H]3CC[C@]12C)CC. The van der Waals surface area contributed by atoms with Crippen LogP contribution in [0.2, 0.25) is 0 Å². The molecule has 1 unspecified atom stereocenters. The molecule has 9 atom stereocenters. The normalized spacial score (nSPS) is 45.3. The Morgan fingerprint density at radius 3 is 2.53 bits per heavy atom. The summed E-state index contributed by atoms with van der Waals surface area (Å²) in [6.45, 7) is 16.3. The molecule has 0 bridgehead atoms. The van der Waals surface area contributed by atoms with E-state index >= 15 is 0 Å².